The summed E-state index contributed by atoms with van der Waals surface area (Å²) in [5.74, 6) is 0.553. The predicted octanol–water partition coefficient (Wildman–Crippen LogP) is 1.82. The summed E-state index contributed by atoms with van der Waals surface area (Å²) in [4.78, 5) is 11.6. The number of nitrogens with two attached hydrogens (primary N) is 1. The van der Waals surface area contributed by atoms with Gasteiger partial charge in [-0.25, -0.2) is 4.79 Å². The largest absolute Gasteiger partial charge is 0.467 e. The number of hydrogen-bond donors (Lipinski definition) is 1. The van der Waals surface area contributed by atoms with Crippen molar-refractivity contribution in [3.63, 3.8) is 0 Å². The molecule has 5 nitrogen and oxygen atoms in total. The molecule has 98 valence electrons. The number of ether oxygens (including phenoxy) is 3. The van der Waals surface area contributed by atoms with Crippen LogP contribution in [0.4, 0.5) is 5.69 Å². The van der Waals surface area contributed by atoms with E-state index in [1.807, 2.05) is 0 Å². The molecule has 1 aliphatic carbocycles. The van der Waals surface area contributed by atoms with Crippen molar-refractivity contribution >= 4 is 11.7 Å². The fourth-order valence-electron chi connectivity index (χ4n) is 1.59. The molecular formula is C13H17NO4. The minimum atomic E-state index is -0.509. The SMILES string of the molecule is COC(=O)c1c(N)cccc1OCOCC1CC1. The van der Waals surface area contributed by atoms with Crippen LogP contribution in [0.25, 0.3) is 0 Å². The number of methoxy groups -OCH3 is 1. The van der Waals surface area contributed by atoms with Crippen molar-refractivity contribution in [1.82, 2.24) is 0 Å². The minimum Gasteiger partial charge on any atom is -0.467 e. The second kappa shape index (κ2) is 5.73. The van der Waals surface area contributed by atoms with E-state index in [9.17, 15) is 4.79 Å². The normalized spacial score (nSPS) is 14.3. The highest BCUT2D eigenvalue weighted by atomic mass is 16.7. The number of esters is 1. The van der Waals surface area contributed by atoms with Gasteiger partial charge >= 0.3 is 5.97 Å². The third-order valence-corrected chi connectivity index (χ3v) is 2.80. The first kappa shape index (κ1) is 12.7. The average Bonchev–Trinajstić information content (AvgIpc) is 3.18. The molecule has 0 saturated heterocycles. The van der Waals surface area contributed by atoms with Crippen molar-refractivity contribution in [2.45, 2.75) is 12.8 Å². The highest BCUT2D eigenvalue weighted by Crippen LogP contribution is 2.29. The quantitative estimate of drug-likeness (QED) is 0.361. The first-order valence-corrected chi connectivity index (χ1v) is 5.89. The Labute approximate surface area is 106 Å². The molecule has 1 aliphatic rings. The van der Waals surface area contributed by atoms with Crippen LogP contribution in [0.1, 0.15) is 23.2 Å². The number of benzene rings is 1. The third kappa shape index (κ3) is 3.13. The maximum absolute atomic E-state index is 11.6. The van der Waals surface area contributed by atoms with Crippen LogP contribution >= 0.6 is 0 Å². The first-order valence-electron chi connectivity index (χ1n) is 5.89. The maximum Gasteiger partial charge on any atom is 0.343 e. The summed E-state index contributed by atoms with van der Waals surface area (Å²) in [6.07, 6.45) is 2.46. The molecule has 1 aromatic rings. The molecule has 0 heterocycles. The van der Waals surface area contributed by atoms with Crippen LogP contribution in [0, 0.1) is 5.92 Å². The van der Waals surface area contributed by atoms with E-state index in [4.69, 9.17) is 15.2 Å². The van der Waals surface area contributed by atoms with Crippen LogP contribution in [-0.4, -0.2) is 26.5 Å². The van der Waals surface area contributed by atoms with E-state index in [0.717, 1.165) is 0 Å². The van der Waals surface area contributed by atoms with Gasteiger partial charge in [-0.3, -0.25) is 0 Å². The van der Waals surface area contributed by atoms with Crippen molar-refractivity contribution in [2.24, 2.45) is 5.92 Å². The fourth-order valence-corrected chi connectivity index (χ4v) is 1.59. The molecule has 2 rings (SSSR count). The van der Waals surface area contributed by atoms with E-state index in [0.29, 0.717) is 24.0 Å². The lowest BCUT2D eigenvalue weighted by Crippen LogP contribution is -2.11. The van der Waals surface area contributed by atoms with Gasteiger partial charge in [0.25, 0.3) is 0 Å². The van der Waals surface area contributed by atoms with Gasteiger partial charge in [-0.15, -0.1) is 0 Å². The lowest BCUT2D eigenvalue weighted by molar-refractivity contribution is 0.00905. The van der Waals surface area contributed by atoms with Gasteiger partial charge in [0.1, 0.15) is 11.3 Å². The number of anilines is 1. The topological polar surface area (TPSA) is 70.8 Å². The zero-order valence-electron chi connectivity index (χ0n) is 10.3. The van der Waals surface area contributed by atoms with Crippen molar-refractivity contribution in [3.05, 3.63) is 23.8 Å². The van der Waals surface area contributed by atoms with E-state index < -0.39 is 5.97 Å². The highest BCUT2D eigenvalue weighted by molar-refractivity contribution is 5.98. The van der Waals surface area contributed by atoms with Crippen molar-refractivity contribution in [2.75, 3.05) is 26.2 Å². The van der Waals surface area contributed by atoms with Gasteiger partial charge in [0.15, 0.2) is 6.79 Å². The molecule has 0 aromatic heterocycles. The van der Waals surface area contributed by atoms with E-state index >= 15 is 0 Å². The Bertz CT molecular complexity index is 429. The third-order valence-electron chi connectivity index (χ3n) is 2.80. The van der Waals surface area contributed by atoms with E-state index in [-0.39, 0.29) is 12.4 Å². The molecular weight excluding hydrogens is 234 g/mol. The summed E-state index contributed by atoms with van der Waals surface area (Å²) >= 11 is 0. The Morgan fingerprint density at radius 3 is 2.89 bits per heavy atom. The van der Waals surface area contributed by atoms with Gasteiger partial charge in [0.05, 0.1) is 13.7 Å². The zero-order valence-corrected chi connectivity index (χ0v) is 10.3. The summed E-state index contributed by atoms with van der Waals surface area (Å²) in [5, 5.41) is 0. The summed E-state index contributed by atoms with van der Waals surface area (Å²) in [7, 11) is 1.31. The average molecular weight is 251 g/mol. The van der Waals surface area contributed by atoms with Gasteiger partial charge in [-0.1, -0.05) is 6.07 Å². The predicted molar refractivity (Wildman–Crippen MR) is 66.4 cm³/mol. The number of rotatable bonds is 6. The Balaban J connectivity index is 1.96. The summed E-state index contributed by atoms with van der Waals surface area (Å²) in [6.45, 7) is 0.819. The molecule has 18 heavy (non-hydrogen) atoms. The standard InChI is InChI=1S/C13H17NO4/c1-16-13(15)12-10(14)3-2-4-11(12)18-8-17-7-9-5-6-9/h2-4,9H,5-8,14H2,1H3. The summed E-state index contributed by atoms with van der Waals surface area (Å²) in [6, 6.07) is 5.02. The number of hydrogen-bond acceptors (Lipinski definition) is 5. The molecule has 1 saturated carbocycles. The first-order chi connectivity index (χ1) is 8.72. The molecule has 0 radical (unpaired) electrons. The van der Waals surface area contributed by atoms with Crippen LogP contribution < -0.4 is 10.5 Å². The lowest BCUT2D eigenvalue weighted by atomic mass is 10.1. The smallest absolute Gasteiger partial charge is 0.343 e. The highest BCUT2D eigenvalue weighted by Gasteiger charge is 2.21. The molecule has 0 amide bonds. The molecule has 2 N–H and O–H groups in total. The van der Waals surface area contributed by atoms with Crippen LogP contribution in [0.2, 0.25) is 0 Å². The lowest BCUT2D eigenvalue weighted by Gasteiger charge is -2.12. The van der Waals surface area contributed by atoms with Crippen LogP contribution in [0.15, 0.2) is 18.2 Å². The molecule has 0 bridgehead atoms. The maximum atomic E-state index is 11.6. The van der Waals surface area contributed by atoms with E-state index in [1.54, 1.807) is 18.2 Å². The van der Waals surface area contributed by atoms with Crippen molar-refractivity contribution in [1.29, 1.82) is 0 Å². The Hall–Kier alpha value is -1.75. The molecule has 1 fully saturated rings. The van der Waals surface area contributed by atoms with Crippen molar-refractivity contribution in [3.8, 4) is 5.75 Å². The van der Waals surface area contributed by atoms with Gasteiger partial charge in [0, 0.05) is 5.69 Å². The molecule has 5 heteroatoms. The Morgan fingerprint density at radius 1 is 1.44 bits per heavy atom. The summed E-state index contributed by atoms with van der Waals surface area (Å²) in [5.41, 5.74) is 6.32. The number of carbonyl (C=O) groups is 1. The van der Waals surface area contributed by atoms with Gasteiger partial charge in [0.2, 0.25) is 0 Å². The molecule has 0 aliphatic heterocycles. The van der Waals surface area contributed by atoms with Gasteiger partial charge < -0.3 is 19.9 Å². The zero-order chi connectivity index (χ0) is 13.0. The second-order valence-corrected chi connectivity index (χ2v) is 4.29. The van der Waals surface area contributed by atoms with Crippen LogP contribution in [0.5, 0.6) is 5.75 Å². The second-order valence-electron chi connectivity index (χ2n) is 4.29. The molecule has 1 aromatic carbocycles. The van der Waals surface area contributed by atoms with Crippen molar-refractivity contribution < 1.29 is 19.0 Å². The van der Waals surface area contributed by atoms with Crippen LogP contribution in [-0.2, 0) is 9.47 Å². The molecule has 0 atom stereocenters. The Morgan fingerprint density at radius 2 is 2.22 bits per heavy atom. The van der Waals surface area contributed by atoms with E-state index in [2.05, 4.69) is 4.74 Å². The number of nitrogen functional groups attached to an aromatic ring is 1. The summed E-state index contributed by atoms with van der Waals surface area (Å²) < 4.78 is 15.4. The van der Waals surface area contributed by atoms with E-state index in [1.165, 1.54) is 20.0 Å². The fraction of sp³-hybridized carbons (Fsp3) is 0.462. The number of carbonyl (C=O) groups excluding carboxylic acids is 1. The van der Waals surface area contributed by atoms with Gasteiger partial charge in [-0.2, -0.15) is 0 Å². The minimum absolute atomic E-state index is 0.115. The monoisotopic (exact) mass is 251 g/mol. The molecule has 0 unspecified atom stereocenters. The van der Waals surface area contributed by atoms with Gasteiger partial charge in [-0.05, 0) is 30.9 Å². The Kier molecular flexibility index (Phi) is 4.04. The van der Waals surface area contributed by atoms with Crippen LogP contribution in [0.3, 0.4) is 0 Å². The molecule has 0 spiro atoms.